The maximum atomic E-state index is 12.3. The fraction of sp³-hybridized carbons (Fsp3) is 0.0588. The molecule has 0 spiro atoms. The van der Waals surface area contributed by atoms with Crippen molar-refractivity contribution >= 4 is 16.6 Å². The van der Waals surface area contributed by atoms with Crippen LogP contribution in [-0.4, -0.2) is 17.4 Å². The molecule has 0 aliphatic heterocycles. The minimum absolute atomic E-state index is 0.0258. The van der Waals surface area contributed by atoms with E-state index >= 15 is 0 Å². The van der Waals surface area contributed by atoms with Gasteiger partial charge in [0.25, 0.3) is 0 Å². The lowest BCUT2D eigenvalue weighted by Crippen LogP contribution is -2.12. The van der Waals surface area contributed by atoms with Crippen LogP contribution in [0, 0.1) is 0 Å². The molecule has 0 unspecified atom stereocenters. The largest absolute Gasteiger partial charge is 0.485 e. The van der Waals surface area contributed by atoms with Gasteiger partial charge in [-0.15, -0.1) is 0 Å². The summed E-state index contributed by atoms with van der Waals surface area (Å²) in [7, 11) is 0. The molecular formula is C17H13NO2. The maximum Gasteiger partial charge on any atom is 0.200 e. The second kappa shape index (κ2) is 5.53. The molecule has 0 N–H and O–H groups in total. The first-order valence-electron chi connectivity index (χ1n) is 6.38. The third-order valence-corrected chi connectivity index (χ3v) is 3.10. The zero-order valence-corrected chi connectivity index (χ0v) is 10.8. The summed E-state index contributed by atoms with van der Waals surface area (Å²) in [5.41, 5.74) is 0.645. The van der Waals surface area contributed by atoms with Crippen molar-refractivity contribution in [1.29, 1.82) is 0 Å². The number of fused-ring (bicyclic) bond motifs is 1. The highest BCUT2D eigenvalue weighted by Gasteiger charge is 2.10. The highest BCUT2D eigenvalue weighted by Crippen LogP contribution is 2.18. The second-order valence-corrected chi connectivity index (χ2v) is 4.43. The number of benzene rings is 2. The molecule has 98 valence electrons. The van der Waals surface area contributed by atoms with Crippen LogP contribution in [0.4, 0.5) is 0 Å². The van der Waals surface area contributed by atoms with Crippen molar-refractivity contribution in [2.75, 3.05) is 6.61 Å². The average Bonchev–Trinajstić information content (AvgIpc) is 2.53. The Balaban J connectivity index is 1.82. The van der Waals surface area contributed by atoms with E-state index in [1.54, 1.807) is 18.5 Å². The van der Waals surface area contributed by atoms with E-state index < -0.39 is 0 Å². The Bertz CT molecular complexity index is 733. The van der Waals surface area contributed by atoms with Crippen LogP contribution in [0.15, 0.2) is 67.0 Å². The molecule has 1 aromatic heterocycles. The number of hydrogen-bond donors (Lipinski definition) is 0. The Morgan fingerprint density at radius 3 is 2.70 bits per heavy atom. The fourth-order valence-corrected chi connectivity index (χ4v) is 2.10. The van der Waals surface area contributed by atoms with E-state index in [0.29, 0.717) is 11.3 Å². The van der Waals surface area contributed by atoms with Crippen LogP contribution < -0.4 is 4.74 Å². The Labute approximate surface area is 116 Å². The fourth-order valence-electron chi connectivity index (χ4n) is 2.10. The van der Waals surface area contributed by atoms with Gasteiger partial charge in [-0.3, -0.25) is 9.78 Å². The Morgan fingerprint density at radius 1 is 1.00 bits per heavy atom. The molecule has 0 fully saturated rings. The van der Waals surface area contributed by atoms with Crippen molar-refractivity contribution in [3.8, 4) is 5.75 Å². The van der Waals surface area contributed by atoms with Gasteiger partial charge in [-0.25, -0.2) is 0 Å². The number of ketones is 1. The number of Topliss-reactive ketones (excluding diaryl/α,β-unsaturated/α-hetero) is 1. The van der Waals surface area contributed by atoms with Crippen LogP contribution in [0.3, 0.4) is 0 Å². The number of aromatic nitrogens is 1. The van der Waals surface area contributed by atoms with Gasteiger partial charge in [-0.2, -0.15) is 0 Å². The third kappa shape index (κ3) is 2.52. The van der Waals surface area contributed by atoms with Gasteiger partial charge in [0, 0.05) is 23.3 Å². The van der Waals surface area contributed by atoms with Crippen molar-refractivity contribution in [2.24, 2.45) is 0 Å². The molecule has 0 aliphatic rings. The summed E-state index contributed by atoms with van der Waals surface area (Å²) in [5.74, 6) is 0.645. The van der Waals surface area contributed by atoms with E-state index in [4.69, 9.17) is 4.74 Å². The number of para-hydroxylation sites is 1. The zero-order chi connectivity index (χ0) is 13.8. The monoisotopic (exact) mass is 263 g/mol. The van der Waals surface area contributed by atoms with Gasteiger partial charge < -0.3 is 4.74 Å². The third-order valence-electron chi connectivity index (χ3n) is 3.10. The first kappa shape index (κ1) is 12.4. The first-order valence-corrected chi connectivity index (χ1v) is 6.38. The molecule has 3 aromatic rings. The van der Waals surface area contributed by atoms with E-state index in [1.807, 2.05) is 48.5 Å². The highest BCUT2D eigenvalue weighted by atomic mass is 16.5. The van der Waals surface area contributed by atoms with Gasteiger partial charge in [0.1, 0.15) is 5.75 Å². The lowest BCUT2D eigenvalue weighted by Gasteiger charge is -2.07. The summed E-state index contributed by atoms with van der Waals surface area (Å²) in [6, 6.07) is 16.9. The Kier molecular flexibility index (Phi) is 3.42. The van der Waals surface area contributed by atoms with Crippen LogP contribution >= 0.6 is 0 Å². The average molecular weight is 263 g/mol. The van der Waals surface area contributed by atoms with E-state index in [9.17, 15) is 4.79 Å². The van der Waals surface area contributed by atoms with Gasteiger partial charge in [-0.05, 0) is 23.6 Å². The molecule has 0 radical (unpaired) electrons. The van der Waals surface area contributed by atoms with Crippen LogP contribution in [0.1, 0.15) is 10.4 Å². The van der Waals surface area contributed by atoms with Crippen molar-refractivity contribution < 1.29 is 9.53 Å². The van der Waals surface area contributed by atoms with Gasteiger partial charge >= 0.3 is 0 Å². The highest BCUT2D eigenvalue weighted by molar-refractivity contribution is 6.08. The lowest BCUT2D eigenvalue weighted by molar-refractivity contribution is 0.0923. The number of pyridine rings is 1. The molecule has 3 rings (SSSR count). The zero-order valence-electron chi connectivity index (χ0n) is 10.8. The standard InChI is InChI=1S/C17H13NO2/c19-17(12-20-14-6-2-1-3-7-14)15-8-4-5-13-9-10-18-11-16(13)15/h1-11H,12H2. The summed E-state index contributed by atoms with van der Waals surface area (Å²) in [6.07, 6.45) is 3.43. The quantitative estimate of drug-likeness (QED) is 0.676. The molecule has 0 saturated heterocycles. The number of carbonyl (C=O) groups excluding carboxylic acids is 1. The van der Waals surface area contributed by atoms with Crippen molar-refractivity contribution in [1.82, 2.24) is 4.98 Å². The predicted molar refractivity (Wildman–Crippen MR) is 78.0 cm³/mol. The molecule has 1 heterocycles. The summed E-state index contributed by atoms with van der Waals surface area (Å²) < 4.78 is 5.50. The van der Waals surface area contributed by atoms with Crippen LogP contribution in [0.25, 0.3) is 10.8 Å². The molecule has 0 aliphatic carbocycles. The van der Waals surface area contributed by atoms with E-state index in [1.165, 1.54) is 0 Å². The van der Waals surface area contributed by atoms with Crippen LogP contribution in [0.2, 0.25) is 0 Å². The smallest absolute Gasteiger partial charge is 0.200 e. The SMILES string of the molecule is O=C(COc1ccccc1)c1cccc2ccncc12. The van der Waals surface area contributed by atoms with Crippen LogP contribution in [0.5, 0.6) is 5.75 Å². The van der Waals surface area contributed by atoms with E-state index in [2.05, 4.69) is 4.98 Å². The molecule has 3 nitrogen and oxygen atoms in total. The van der Waals surface area contributed by atoms with Crippen molar-refractivity contribution in [3.05, 3.63) is 72.6 Å². The molecule has 0 saturated carbocycles. The number of ether oxygens (including phenoxy) is 1. The molecule has 0 bridgehead atoms. The molecule has 2 aromatic carbocycles. The lowest BCUT2D eigenvalue weighted by atomic mass is 10.0. The van der Waals surface area contributed by atoms with Gasteiger partial charge in [0.15, 0.2) is 6.61 Å². The maximum absolute atomic E-state index is 12.3. The van der Waals surface area contributed by atoms with E-state index in [-0.39, 0.29) is 12.4 Å². The topological polar surface area (TPSA) is 39.2 Å². The molecule has 3 heteroatoms. The van der Waals surface area contributed by atoms with Crippen LogP contribution in [-0.2, 0) is 0 Å². The number of nitrogens with zero attached hydrogens (tertiary/aromatic N) is 1. The molecular weight excluding hydrogens is 250 g/mol. The molecule has 0 amide bonds. The number of rotatable bonds is 4. The van der Waals surface area contributed by atoms with Crippen molar-refractivity contribution in [2.45, 2.75) is 0 Å². The summed E-state index contributed by atoms with van der Waals surface area (Å²) in [4.78, 5) is 16.4. The minimum atomic E-state index is -0.0487. The summed E-state index contributed by atoms with van der Waals surface area (Å²) in [6.45, 7) is 0.0258. The Morgan fingerprint density at radius 2 is 1.85 bits per heavy atom. The molecule has 0 atom stereocenters. The Hall–Kier alpha value is -2.68. The minimum Gasteiger partial charge on any atom is -0.485 e. The summed E-state index contributed by atoms with van der Waals surface area (Å²) in [5, 5.41) is 1.86. The number of carbonyl (C=O) groups is 1. The van der Waals surface area contributed by atoms with Gasteiger partial charge in [-0.1, -0.05) is 36.4 Å². The van der Waals surface area contributed by atoms with Gasteiger partial charge in [0.2, 0.25) is 5.78 Å². The molecule has 20 heavy (non-hydrogen) atoms. The van der Waals surface area contributed by atoms with Crippen molar-refractivity contribution in [3.63, 3.8) is 0 Å². The second-order valence-electron chi connectivity index (χ2n) is 4.43. The summed E-state index contributed by atoms with van der Waals surface area (Å²) >= 11 is 0. The van der Waals surface area contributed by atoms with Gasteiger partial charge in [0.05, 0.1) is 0 Å². The first-order chi connectivity index (χ1) is 9.84. The van der Waals surface area contributed by atoms with E-state index in [0.717, 1.165) is 10.8 Å². The predicted octanol–water partition coefficient (Wildman–Crippen LogP) is 3.50. The number of hydrogen-bond acceptors (Lipinski definition) is 3. The normalized spacial score (nSPS) is 10.4.